The molecule has 3 rings (SSSR count). The van der Waals surface area contributed by atoms with E-state index in [2.05, 4.69) is 51.4 Å². The van der Waals surface area contributed by atoms with E-state index >= 15 is 0 Å². The highest BCUT2D eigenvalue weighted by atomic mass is 127. The normalized spacial score (nSPS) is 20.1. The number of sulfonamides is 1. The summed E-state index contributed by atoms with van der Waals surface area (Å²) in [6, 6.07) is 9.57. The maximum atomic E-state index is 14.6. The van der Waals surface area contributed by atoms with Gasteiger partial charge in [-0.1, -0.05) is 0 Å². The molecule has 28 heavy (non-hydrogen) atoms. The smallest absolute Gasteiger partial charge is 0.261 e. The van der Waals surface area contributed by atoms with Crippen LogP contribution in [0.5, 0.6) is 5.75 Å². The minimum atomic E-state index is -3.91. The minimum absolute atomic E-state index is 0.0779. The lowest BCUT2D eigenvalue weighted by Crippen LogP contribution is -2.54. The van der Waals surface area contributed by atoms with Crippen molar-refractivity contribution in [3.63, 3.8) is 0 Å². The highest BCUT2D eigenvalue weighted by molar-refractivity contribution is 14.1. The van der Waals surface area contributed by atoms with Gasteiger partial charge in [-0.05, 0) is 66.8 Å². The highest BCUT2D eigenvalue weighted by Crippen LogP contribution is 2.35. The Kier molecular flexibility index (Phi) is 6.35. The molecule has 0 spiro atoms. The first kappa shape index (κ1) is 21.1. The fraction of sp³-hybridized carbons (Fsp3) is 0.368. The predicted octanol–water partition coefficient (Wildman–Crippen LogP) is 3.43. The Morgan fingerprint density at radius 2 is 1.79 bits per heavy atom. The molecule has 152 valence electrons. The van der Waals surface area contributed by atoms with Gasteiger partial charge in [-0.15, -0.1) is 0 Å². The summed E-state index contributed by atoms with van der Waals surface area (Å²) in [5.41, 5.74) is 0.553. The number of hydrogen-bond acceptors (Lipinski definition) is 5. The van der Waals surface area contributed by atoms with Crippen LogP contribution in [0.2, 0.25) is 0 Å². The van der Waals surface area contributed by atoms with E-state index in [-0.39, 0.29) is 22.7 Å². The van der Waals surface area contributed by atoms with Gasteiger partial charge >= 0.3 is 0 Å². The van der Waals surface area contributed by atoms with Crippen molar-refractivity contribution >= 4 is 44.0 Å². The van der Waals surface area contributed by atoms with Gasteiger partial charge in [0.25, 0.3) is 10.0 Å². The number of piperazine rings is 1. The molecule has 2 N–H and O–H groups in total. The number of rotatable bonds is 5. The molecular formula is C19H23FIN3O3S. The maximum absolute atomic E-state index is 14.6. The van der Waals surface area contributed by atoms with Crippen molar-refractivity contribution in [3.05, 3.63) is 45.8 Å². The topological polar surface area (TPSA) is 70.7 Å². The molecule has 2 aromatic rings. The maximum Gasteiger partial charge on any atom is 0.261 e. The largest absolute Gasteiger partial charge is 0.494 e. The van der Waals surface area contributed by atoms with Crippen molar-refractivity contribution in [3.8, 4) is 5.75 Å². The van der Waals surface area contributed by atoms with E-state index in [1.165, 1.54) is 31.4 Å². The fourth-order valence-corrected chi connectivity index (χ4v) is 4.79. The summed E-state index contributed by atoms with van der Waals surface area (Å²) < 4.78 is 48.6. The summed E-state index contributed by atoms with van der Waals surface area (Å²) in [6.45, 7) is 5.55. The molecule has 0 amide bonds. The number of nitrogens with one attached hydrogen (secondary N) is 2. The molecule has 0 saturated carbocycles. The Morgan fingerprint density at radius 1 is 1.18 bits per heavy atom. The van der Waals surface area contributed by atoms with Gasteiger partial charge in [-0.3, -0.25) is 4.72 Å². The van der Waals surface area contributed by atoms with E-state index in [0.29, 0.717) is 24.5 Å². The molecule has 0 bridgehead atoms. The van der Waals surface area contributed by atoms with E-state index in [4.69, 9.17) is 4.74 Å². The van der Waals surface area contributed by atoms with Gasteiger partial charge in [0.05, 0.1) is 23.4 Å². The zero-order valence-corrected chi connectivity index (χ0v) is 18.8. The van der Waals surface area contributed by atoms with Crippen LogP contribution in [-0.4, -0.2) is 40.7 Å². The monoisotopic (exact) mass is 519 g/mol. The van der Waals surface area contributed by atoms with Crippen molar-refractivity contribution < 1.29 is 17.5 Å². The second kappa shape index (κ2) is 8.42. The van der Waals surface area contributed by atoms with Crippen LogP contribution in [0, 0.1) is 9.39 Å². The number of nitrogens with zero attached hydrogens (tertiary/aromatic N) is 1. The third kappa shape index (κ3) is 4.69. The molecule has 2 aromatic carbocycles. The number of anilines is 2. The summed E-state index contributed by atoms with van der Waals surface area (Å²) in [7, 11) is -2.43. The van der Waals surface area contributed by atoms with Crippen LogP contribution >= 0.6 is 22.6 Å². The molecule has 1 aliphatic rings. The van der Waals surface area contributed by atoms with Gasteiger partial charge in [0, 0.05) is 34.8 Å². The number of methoxy groups -OCH3 is 1. The molecule has 1 aliphatic heterocycles. The standard InChI is InChI=1S/C19H23FIN3O3S/c1-12-10-24(11-13(2)22-12)18-9-17(16(20)8-19(18)27-3)23-28(25,26)15-6-4-14(21)5-7-15/h4-9,12-13,22-23H,10-11H2,1-3H3. The van der Waals surface area contributed by atoms with E-state index in [0.717, 1.165) is 3.57 Å². The fourth-order valence-electron chi connectivity index (χ4n) is 3.37. The Hall–Kier alpha value is -1.59. The second-order valence-corrected chi connectivity index (χ2v) is 9.87. The van der Waals surface area contributed by atoms with Crippen molar-refractivity contribution in [1.82, 2.24) is 5.32 Å². The molecule has 2 unspecified atom stereocenters. The lowest BCUT2D eigenvalue weighted by atomic mass is 10.1. The molecule has 1 saturated heterocycles. The molecule has 2 atom stereocenters. The molecule has 9 heteroatoms. The van der Waals surface area contributed by atoms with Gasteiger partial charge in [-0.25, -0.2) is 12.8 Å². The third-order valence-corrected chi connectivity index (χ3v) is 6.64. The first-order chi connectivity index (χ1) is 13.2. The number of benzene rings is 2. The molecule has 0 radical (unpaired) electrons. The van der Waals surface area contributed by atoms with Crippen LogP contribution in [0.25, 0.3) is 0 Å². The lowest BCUT2D eigenvalue weighted by Gasteiger charge is -2.38. The summed E-state index contributed by atoms with van der Waals surface area (Å²) in [5, 5.41) is 3.44. The molecule has 0 aliphatic carbocycles. The summed E-state index contributed by atoms with van der Waals surface area (Å²) in [5.74, 6) is -0.318. The third-order valence-electron chi connectivity index (χ3n) is 4.54. The van der Waals surface area contributed by atoms with Crippen molar-refractivity contribution in [2.45, 2.75) is 30.8 Å². The van der Waals surface area contributed by atoms with Crippen LogP contribution in [0.15, 0.2) is 41.3 Å². The number of ether oxygens (including phenoxy) is 1. The van der Waals surface area contributed by atoms with Gasteiger partial charge in [0.1, 0.15) is 5.75 Å². The zero-order chi connectivity index (χ0) is 20.5. The summed E-state index contributed by atoms with van der Waals surface area (Å²) in [4.78, 5) is 2.15. The quantitative estimate of drug-likeness (QED) is 0.593. The SMILES string of the molecule is COc1cc(F)c(NS(=O)(=O)c2ccc(I)cc2)cc1N1CC(C)NC(C)C1. The Labute approximate surface area is 178 Å². The molecule has 1 heterocycles. The average Bonchev–Trinajstić information content (AvgIpc) is 2.62. The highest BCUT2D eigenvalue weighted by Gasteiger charge is 2.26. The van der Waals surface area contributed by atoms with Crippen LogP contribution in [0.4, 0.5) is 15.8 Å². The van der Waals surface area contributed by atoms with Crippen molar-refractivity contribution in [2.24, 2.45) is 0 Å². The van der Waals surface area contributed by atoms with Crippen molar-refractivity contribution in [1.29, 1.82) is 0 Å². The van der Waals surface area contributed by atoms with Gasteiger partial charge in [-0.2, -0.15) is 0 Å². The first-order valence-corrected chi connectivity index (χ1v) is 11.4. The summed E-state index contributed by atoms with van der Waals surface area (Å²) in [6.07, 6.45) is 0. The number of halogens is 2. The van der Waals surface area contributed by atoms with Crippen LogP contribution in [0.1, 0.15) is 13.8 Å². The van der Waals surface area contributed by atoms with Crippen LogP contribution in [0.3, 0.4) is 0 Å². The molecular weight excluding hydrogens is 496 g/mol. The minimum Gasteiger partial charge on any atom is -0.494 e. The predicted molar refractivity (Wildman–Crippen MR) is 117 cm³/mol. The van der Waals surface area contributed by atoms with E-state index in [1.54, 1.807) is 12.1 Å². The molecule has 1 fully saturated rings. The van der Waals surface area contributed by atoms with E-state index in [9.17, 15) is 12.8 Å². The van der Waals surface area contributed by atoms with Crippen LogP contribution in [-0.2, 0) is 10.0 Å². The molecule has 6 nitrogen and oxygen atoms in total. The Balaban J connectivity index is 1.96. The van der Waals surface area contributed by atoms with Gasteiger partial charge in [0.15, 0.2) is 5.82 Å². The zero-order valence-electron chi connectivity index (χ0n) is 15.9. The average molecular weight is 519 g/mol. The lowest BCUT2D eigenvalue weighted by molar-refractivity contribution is 0.389. The molecule has 0 aromatic heterocycles. The van der Waals surface area contributed by atoms with E-state index in [1.807, 2.05) is 0 Å². The van der Waals surface area contributed by atoms with Crippen LogP contribution < -0.4 is 19.7 Å². The number of hydrogen-bond donors (Lipinski definition) is 2. The van der Waals surface area contributed by atoms with E-state index < -0.39 is 15.8 Å². The second-order valence-electron chi connectivity index (χ2n) is 6.94. The Bertz CT molecular complexity index is 944. The van der Waals surface area contributed by atoms with Gasteiger partial charge in [0.2, 0.25) is 0 Å². The first-order valence-electron chi connectivity index (χ1n) is 8.86. The summed E-state index contributed by atoms with van der Waals surface area (Å²) >= 11 is 2.09. The van der Waals surface area contributed by atoms with Crippen molar-refractivity contribution in [2.75, 3.05) is 29.8 Å². The van der Waals surface area contributed by atoms with Gasteiger partial charge < -0.3 is 15.0 Å². The Morgan fingerprint density at radius 3 is 2.36 bits per heavy atom.